The van der Waals surface area contributed by atoms with Crippen LogP contribution >= 0.6 is 0 Å². The number of aliphatic hydroxyl groups is 1. The first-order chi connectivity index (χ1) is 19.7. The minimum absolute atomic E-state index is 0.0140. The van der Waals surface area contributed by atoms with Crippen LogP contribution in [0.5, 0.6) is 11.5 Å². The number of fused-ring (bicyclic) bond motifs is 2. The van der Waals surface area contributed by atoms with Crippen molar-refractivity contribution in [1.82, 2.24) is 14.9 Å². The van der Waals surface area contributed by atoms with Crippen molar-refractivity contribution in [2.75, 3.05) is 12.4 Å². The lowest BCUT2D eigenvalue weighted by Crippen LogP contribution is -2.30. The van der Waals surface area contributed by atoms with Gasteiger partial charge in [0.05, 0.1) is 40.9 Å². The fourth-order valence-electron chi connectivity index (χ4n) is 4.52. The molecule has 1 aliphatic rings. The number of imidazole rings is 1. The second-order valence-corrected chi connectivity index (χ2v) is 11.6. The molecule has 0 fully saturated rings. The maximum Gasteiger partial charge on any atom is 0.586 e. The molecule has 0 saturated heterocycles. The Labute approximate surface area is 235 Å². The van der Waals surface area contributed by atoms with Crippen molar-refractivity contribution >= 4 is 26.8 Å². The number of aromatic nitrogens is 2. The van der Waals surface area contributed by atoms with E-state index in [1.54, 1.807) is 0 Å². The summed E-state index contributed by atoms with van der Waals surface area (Å²) in [5.74, 6) is -2.89. The van der Waals surface area contributed by atoms with E-state index in [2.05, 4.69) is 19.8 Å². The zero-order valence-electron chi connectivity index (χ0n) is 21.7. The molecule has 1 amide bonds. The summed E-state index contributed by atoms with van der Waals surface area (Å²) in [6.45, 7) is 0.401. The average Bonchev–Trinajstić information content (AvgIpc) is 3.47. The molecular formula is C27H22F5N3O6S. The number of nitrogens with one attached hydrogen (secondary N) is 1. The van der Waals surface area contributed by atoms with E-state index >= 15 is 0 Å². The van der Waals surface area contributed by atoms with Crippen LogP contribution in [-0.2, 0) is 22.6 Å². The van der Waals surface area contributed by atoms with E-state index in [0.29, 0.717) is 5.56 Å². The monoisotopic (exact) mass is 611 g/mol. The number of hydrogen-bond donors (Lipinski definition) is 2. The molecule has 4 aromatic rings. The number of sulfone groups is 1. The summed E-state index contributed by atoms with van der Waals surface area (Å²) in [6, 6.07) is 12.1. The van der Waals surface area contributed by atoms with Gasteiger partial charge in [-0.05, 0) is 42.0 Å². The molecule has 5 rings (SSSR count). The first-order valence-corrected chi connectivity index (χ1v) is 14.1. The number of carbonyl (C=O) groups excluding carboxylic acids is 1. The molecule has 15 heteroatoms. The Morgan fingerprint density at radius 2 is 1.81 bits per heavy atom. The van der Waals surface area contributed by atoms with Crippen LogP contribution in [0.25, 0.3) is 11.0 Å². The van der Waals surface area contributed by atoms with Gasteiger partial charge in [-0.1, -0.05) is 31.2 Å². The zero-order valence-corrected chi connectivity index (χ0v) is 22.5. The molecule has 1 aliphatic heterocycles. The number of aliphatic hydroxyl groups excluding tert-OH is 1. The topological polar surface area (TPSA) is 120 Å². The van der Waals surface area contributed by atoms with Gasteiger partial charge in [0.2, 0.25) is 5.82 Å². The maximum atomic E-state index is 14.0. The summed E-state index contributed by atoms with van der Waals surface area (Å²) in [5, 5.41) is 12.4. The van der Waals surface area contributed by atoms with Crippen molar-refractivity contribution in [3.63, 3.8) is 0 Å². The van der Waals surface area contributed by atoms with Crippen LogP contribution in [-0.4, -0.2) is 47.6 Å². The Morgan fingerprint density at radius 1 is 1.10 bits per heavy atom. The van der Waals surface area contributed by atoms with Gasteiger partial charge < -0.3 is 24.5 Å². The minimum atomic E-state index is -4.93. The number of rotatable bonds is 8. The summed E-state index contributed by atoms with van der Waals surface area (Å²) in [5.41, 5.74) is 0.0902. The normalized spacial score (nSPS) is 15.1. The smallest absolute Gasteiger partial charge is 0.395 e. The van der Waals surface area contributed by atoms with Crippen molar-refractivity contribution in [3.8, 4) is 11.5 Å². The predicted octanol–water partition coefficient (Wildman–Crippen LogP) is 4.68. The minimum Gasteiger partial charge on any atom is -0.395 e. The number of halogens is 5. The second-order valence-electron chi connectivity index (χ2n) is 9.32. The van der Waals surface area contributed by atoms with E-state index in [4.69, 9.17) is 0 Å². The lowest BCUT2D eigenvalue weighted by Gasteiger charge is -2.17. The van der Waals surface area contributed by atoms with Crippen molar-refractivity contribution in [3.05, 3.63) is 83.2 Å². The molecule has 0 unspecified atom stereocenters. The van der Waals surface area contributed by atoms with Gasteiger partial charge in [0.15, 0.2) is 21.3 Å². The maximum absolute atomic E-state index is 14.0. The highest BCUT2D eigenvalue weighted by Gasteiger charge is 2.45. The van der Waals surface area contributed by atoms with E-state index in [9.17, 15) is 40.3 Å². The van der Waals surface area contributed by atoms with Crippen LogP contribution in [0.3, 0.4) is 0 Å². The number of nitrogens with zero attached hydrogens (tertiary/aromatic N) is 2. The van der Waals surface area contributed by atoms with Gasteiger partial charge in [0.1, 0.15) is 0 Å². The average molecular weight is 612 g/mol. The molecule has 0 bridgehead atoms. The molecule has 9 nitrogen and oxygen atoms in total. The van der Waals surface area contributed by atoms with E-state index in [1.165, 1.54) is 61.5 Å². The van der Waals surface area contributed by atoms with Crippen LogP contribution < -0.4 is 14.8 Å². The van der Waals surface area contributed by atoms with Crippen molar-refractivity contribution in [2.24, 2.45) is 0 Å². The molecular weight excluding hydrogens is 589 g/mol. The van der Waals surface area contributed by atoms with Gasteiger partial charge in [-0.25, -0.2) is 13.4 Å². The molecule has 3 aromatic carbocycles. The fraction of sp³-hybridized carbons (Fsp3) is 0.259. The molecule has 2 N–H and O–H groups in total. The van der Waals surface area contributed by atoms with Crippen LogP contribution in [0.4, 0.5) is 22.0 Å². The largest absolute Gasteiger partial charge is 0.586 e. The number of para-hydroxylation sites is 1. The van der Waals surface area contributed by atoms with Crippen LogP contribution in [0, 0.1) is 0 Å². The van der Waals surface area contributed by atoms with Gasteiger partial charge in [0, 0.05) is 11.1 Å². The third kappa shape index (κ3) is 5.61. The Morgan fingerprint density at radius 3 is 2.45 bits per heavy atom. The summed E-state index contributed by atoms with van der Waals surface area (Å²) in [6.07, 6.45) is -8.90. The Balaban J connectivity index is 1.44. The van der Waals surface area contributed by atoms with Gasteiger partial charge in [-0.15, -0.1) is 8.78 Å². The SMILES string of the molecule is CCS(=O)(=O)c1ccc([C@@H](CO)NC(=O)c2ccc3c(c2)nc(C(F)(F)F)n3Cc2cccc3c2OC(F)(F)O3)cc1. The number of alkyl halides is 5. The Hall–Kier alpha value is -4.24. The number of amides is 1. The zero-order chi connectivity index (χ0) is 30.4. The second kappa shape index (κ2) is 10.5. The number of benzene rings is 3. The molecule has 0 spiro atoms. The van der Waals surface area contributed by atoms with Crippen LogP contribution in [0.15, 0.2) is 65.6 Å². The summed E-state index contributed by atoms with van der Waals surface area (Å²) < 4.78 is 103. The van der Waals surface area contributed by atoms with E-state index < -0.39 is 59.0 Å². The molecule has 0 saturated carbocycles. The molecule has 222 valence electrons. The van der Waals surface area contributed by atoms with E-state index in [1.807, 2.05) is 0 Å². The highest BCUT2D eigenvalue weighted by molar-refractivity contribution is 7.91. The van der Waals surface area contributed by atoms with Crippen molar-refractivity contribution in [1.29, 1.82) is 0 Å². The van der Waals surface area contributed by atoms with Crippen LogP contribution in [0.2, 0.25) is 0 Å². The number of ether oxygens (including phenoxy) is 2. The summed E-state index contributed by atoms with van der Waals surface area (Å²) in [7, 11) is -3.46. The standard InChI is InChI=1S/C27H22F5N3O6S/c1-2-42(38,39)18-9-6-15(7-10-18)20(14-36)33-24(37)16-8-11-21-19(12-16)34-25(26(28,29)30)35(21)13-17-4-3-5-22-23(17)41-27(31,32)40-22/h3-12,20,36H,2,13-14H2,1H3,(H,33,37)/t20-/m1/s1. The number of carbonyl (C=O) groups is 1. The first-order valence-electron chi connectivity index (χ1n) is 12.4. The lowest BCUT2D eigenvalue weighted by atomic mass is 10.1. The van der Waals surface area contributed by atoms with Gasteiger partial charge >= 0.3 is 12.5 Å². The highest BCUT2D eigenvalue weighted by atomic mass is 32.2. The molecule has 0 radical (unpaired) electrons. The van der Waals surface area contributed by atoms with Gasteiger partial charge in [0.25, 0.3) is 5.91 Å². The predicted molar refractivity (Wildman–Crippen MR) is 138 cm³/mol. The molecule has 2 heterocycles. The molecule has 1 atom stereocenters. The molecule has 0 aliphatic carbocycles. The first kappa shape index (κ1) is 29.3. The molecule has 1 aromatic heterocycles. The number of hydrogen-bond acceptors (Lipinski definition) is 7. The van der Waals surface area contributed by atoms with E-state index in [0.717, 1.165) is 10.6 Å². The third-order valence-corrected chi connectivity index (χ3v) is 8.36. The van der Waals surface area contributed by atoms with Crippen LogP contribution in [0.1, 0.15) is 40.3 Å². The summed E-state index contributed by atoms with van der Waals surface area (Å²) in [4.78, 5) is 16.7. The Kier molecular flexibility index (Phi) is 7.35. The molecule has 42 heavy (non-hydrogen) atoms. The van der Waals surface area contributed by atoms with Gasteiger partial charge in [-0.3, -0.25) is 4.79 Å². The van der Waals surface area contributed by atoms with Crippen molar-refractivity contribution < 1.29 is 49.7 Å². The highest BCUT2D eigenvalue weighted by Crippen LogP contribution is 2.44. The van der Waals surface area contributed by atoms with E-state index in [-0.39, 0.29) is 38.6 Å². The summed E-state index contributed by atoms with van der Waals surface area (Å²) >= 11 is 0. The quantitative estimate of drug-likeness (QED) is 0.278. The van der Waals surface area contributed by atoms with Gasteiger partial charge in [-0.2, -0.15) is 13.2 Å². The fourth-order valence-corrected chi connectivity index (χ4v) is 5.40. The Bertz CT molecular complexity index is 1770. The third-order valence-electron chi connectivity index (χ3n) is 6.61. The lowest BCUT2D eigenvalue weighted by molar-refractivity contribution is -0.287. The van der Waals surface area contributed by atoms with Crippen molar-refractivity contribution in [2.45, 2.75) is 36.9 Å².